The van der Waals surface area contributed by atoms with Crippen molar-refractivity contribution in [3.8, 4) is 11.3 Å². The van der Waals surface area contributed by atoms with Gasteiger partial charge in [0.1, 0.15) is 12.0 Å². The maximum absolute atomic E-state index is 5.82. The molecule has 0 saturated carbocycles. The molecule has 0 aliphatic carbocycles. The highest BCUT2D eigenvalue weighted by molar-refractivity contribution is 6.35. The topological polar surface area (TPSA) is 26.0 Å². The first-order valence-electron chi connectivity index (χ1n) is 3.62. The van der Waals surface area contributed by atoms with Crippen LogP contribution in [0.5, 0.6) is 0 Å². The number of hydrogen-bond acceptors (Lipinski definition) is 2. The van der Waals surface area contributed by atoms with Gasteiger partial charge in [-0.1, -0.05) is 28.4 Å². The zero-order valence-corrected chi connectivity index (χ0v) is 8.01. The Balaban J connectivity index is 2.53. The molecular weight excluding hydrogens is 209 g/mol. The van der Waals surface area contributed by atoms with E-state index in [1.807, 2.05) is 0 Å². The summed E-state index contributed by atoms with van der Waals surface area (Å²) < 4.78 is 4.71. The van der Waals surface area contributed by atoms with Crippen LogP contribution in [0.1, 0.15) is 0 Å². The highest BCUT2D eigenvalue weighted by atomic mass is 35.5. The lowest BCUT2D eigenvalue weighted by Gasteiger charge is -1.97. The average molecular weight is 214 g/mol. The van der Waals surface area contributed by atoms with Crippen LogP contribution < -0.4 is 0 Å². The number of halogens is 2. The second-order valence-corrected chi connectivity index (χ2v) is 3.42. The van der Waals surface area contributed by atoms with Crippen molar-refractivity contribution in [1.29, 1.82) is 0 Å². The van der Waals surface area contributed by atoms with Crippen LogP contribution in [0.4, 0.5) is 0 Å². The Bertz CT molecular complexity index is 391. The van der Waals surface area contributed by atoms with Crippen molar-refractivity contribution in [2.24, 2.45) is 0 Å². The Morgan fingerprint density at radius 2 is 1.77 bits per heavy atom. The first-order valence-corrected chi connectivity index (χ1v) is 4.38. The van der Waals surface area contributed by atoms with Crippen LogP contribution in [0, 0.1) is 0 Å². The molecule has 13 heavy (non-hydrogen) atoms. The third kappa shape index (κ3) is 1.85. The van der Waals surface area contributed by atoms with E-state index in [2.05, 4.69) is 5.16 Å². The minimum absolute atomic E-state index is 0.588. The number of benzene rings is 1. The van der Waals surface area contributed by atoms with E-state index in [4.69, 9.17) is 27.7 Å². The molecule has 0 radical (unpaired) electrons. The van der Waals surface area contributed by atoms with Gasteiger partial charge in [0.2, 0.25) is 0 Å². The van der Waals surface area contributed by atoms with Crippen molar-refractivity contribution >= 4 is 23.2 Å². The van der Waals surface area contributed by atoms with Gasteiger partial charge >= 0.3 is 0 Å². The average Bonchev–Trinajstić information content (AvgIpc) is 2.53. The smallest absolute Gasteiger partial charge is 0.124 e. The summed E-state index contributed by atoms with van der Waals surface area (Å²) in [5.41, 5.74) is 1.58. The Kier molecular flexibility index (Phi) is 2.25. The molecule has 66 valence electrons. The van der Waals surface area contributed by atoms with Crippen molar-refractivity contribution < 1.29 is 4.52 Å². The predicted molar refractivity (Wildman–Crippen MR) is 52.0 cm³/mol. The van der Waals surface area contributed by atoms with Gasteiger partial charge in [0.15, 0.2) is 0 Å². The van der Waals surface area contributed by atoms with Crippen molar-refractivity contribution in [2.45, 2.75) is 0 Å². The van der Waals surface area contributed by atoms with Gasteiger partial charge in [-0.3, -0.25) is 0 Å². The quantitative estimate of drug-likeness (QED) is 0.723. The molecule has 0 N–H and O–H groups in total. The van der Waals surface area contributed by atoms with Crippen molar-refractivity contribution in [3.05, 3.63) is 40.6 Å². The predicted octanol–water partition coefficient (Wildman–Crippen LogP) is 3.65. The lowest BCUT2D eigenvalue weighted by atomic mass is 10.2. The highest BCUT2D eigenvalue weighted by Gasteiger charge is 2.03. The van der Waals surface area contributed by atoms with Gasteiger partial charge in [0.25, 0.3) is 0 Å². The molecular formula is C9H5Cl2NO. The molecule has 0 bridgehead atoms. The van der Waals surface area contributed by atoms with E-state index in [9.17, 15) is 0 Å². The summed E-state index contributed by atoms with van der Waals surface area (Å²) in [5, 5.41) is 4.95. The van der Waals surface area contributed by atoms with Crippen LogP contribution in [0.15, 0.2) is 35.1 Å². The van der Waals surface area contributed by atoms with Gasteiger partial charge in [-0.2, -0.15) is 0 Å². The zero-order valence-electron chi connectivity index (χ0n) is 6.50. The molecule has 0 aliphatic rings. The summed E-state index contributed by atoms with van der Waals surface area (Å²) in [4.78, 5) is 0. The summed E-state index contributed by atoms with van der Waals surface area (Å²) >= 11 is 11.6. The van der Waals surface area contributed by atoms with Gasteiger partial charge in [-0.15, -0.1) is 0 Å². The third-order valence-electron chi connectivity index (χ3n) is 1.60. The van der Waals surface area contributed by atoms with Gasteiger partial charge in [-0.05, 0) is 18.2 Å². The van der Waals surface area contributed by atoms with E-state index in [0.717, 1.165) is 11.3 Å². The normalized spacial score (nSPS) is 10.3. The number of aromatic nitrogens is 1. The summed E-state index contributed by atoms with van der Waals surface area (Å²) in [6.45, 7) is 0. The van der Waals surface area contributed by atoms with Crippen LogP contribution in [-0.4, -0.2) is 5.16 Å². The van der Waals surface area contributed by atoms with Crippen LogP contribution in [0.2, 0.25) is 10.0 Å². The van der Waals surface area contributed by atoms with E-state index in [1.54, 1.807) is 24.3 Å². The maximum Gasteiger partial charge on any atom is 0.124 e. The third-order valence-corrected chi connectivity index (χ3v) is 2.03. The zero-order chi connectivity index (χ0) is 9.26. The fraction of sp³-hybridized carbons (Fsp3) is 0. The van der Waals surface area contributed by atoms with E-state index in [0.29, 0.717) is 10.0 Å². The SMILES string of the molecule is Clc1cc(Cl)cc(-c2ccon2)c1. The molecule has 0 saturated heterocycles. The summed E-state index contributed by atoms with van der Waals surface area (Å²) in [6.07, 6.45) is 1.50. The summed E-state index contributed by atoms with van der Waals surface area (Å²) in [6, 6.07) is 6.99. The number of nitrogens with zero attached hydrogens (tertiary/aromatic N) is 1. The minimum Gasteiger partial charge on any atom is -0.364 e. The van der Waals surface area contributed by atoms with Crippen LogP contribution in [0.25, 0.3) is 11.3 Å². The molecule has 0 fully saturated rings. The highest BCUT2D eigenvalue weighted by Crippen LogP contribution is 2.25. The molecule has 0 amide bonds. The molecule has 0 aliphatic heterocycles. The molecule has 1 aromatic heterocycles. The summed E-state index contributed by atoms with van der Waals surface area (Å²) in [7, 11) is 0. The first-order chi connectivity index (χ1) is 6.25. The Morgan fingerprint density at radius 1 is 1.08 bits per heavy atom. The molecule has 0 unspecified atom stereocenters. The van der Waals surface area contributed by atoms with Crippen molar-refractivity contribution in [2.75, 3.05) is 0 Å². The van der Waals surface area contributed by atoms with E-state index >= 15 is 0 Å². The van der Waals surface area contributed by atoms with Crippen LogP contribution >= 0.6 is 23.2 Å². The number of rotatable bonds is 1. The van der Waals surface area contributed by atoms with Gasteiger partial charge in [0.05, 0.1) is 0 Å². The van der Waals surface area contributed by atoms with E-state index in [1.165, 1.54) is 6.26 Å². The monoisotopic (exact) mass is 213 g/mol. The number of hydrogen-bond donors (Lipinski definition) is 0. The second-order valence-electron chi connectivity index (χ2n) is 2.54. The Labute approximate surface area is 85.1 Å². The van der Waals surface area contributed by atoms with Crippen molar-refractivity contribution in [3.63, 3.8) is 0 Å². The fourth-order valence-electron chi connectivity index (χ4n) is 1.06. The molecule has 1 aromatic carbocycles. The van der Waals surface area contributed by atoms with Gasteiger partial charge < -0.3 is 4.52 Å². The van der Waals surface area contributed by atoms with Crippen LogP contribution in [-0.2, 0) is 0 Å². The fourth-order valence-corrected chi connectivity index (χ4v) is 1.59. The molecule has 4 heteroatoms. The second kappa shape index (κ2) is 3.40. The molecule has 1 heterocycles. The Hall–Kier alpha value is -0.990. The van der Waals surface area contributed by atoms with Gasteiger partial charge in [0, 0.05) is 21.7 Å². The lowest BCUT2D eigenvalue weighted by Crippen LogP contribution is -1.77. The lowest BCUT2D eigenvalue weighted by molar-refractivity contribution is 0.422. The van der Waals surface area contributed by atoms with Crippen molar-refractivity contribution in [1.82, 2.24) is 5.16 Å². The molecule has 0 atom stereocenters. The molecule has 2 aromatic rings. The van der Waals surface area contributed by atoms with Gasteiger partial charge in [-0.25, -0.2) is 0 Å². The summed E-state index contributed by atoms with van der Waals surface area (Å²) in [5.74, 6) is 0. The standard InChI is InChI=1S/C9H5Cl2NO/c10-7-3-6(4-8(11)5-7)9-1-2-13-12-9/h1-5H. The first kappa shape index (κ1) is 8.60. The maximum atomic E-state index is 5.82. The van der Waals surface area contributed by atoms with E-state index < -0.39 is 0 Å². The molecule has 0 spiro atoms. The minimum atomic E-state index is 0.588. The Morgan fingerprint density at radius 3 is 2.31 bits per heavy atom. The van der Waals surface area contributed by atoms with Crippen LogP contribution in [0.3, 0.4) is 0 Å². The molecule has 2 rings (SSSR count). The van der Waals surface area contributed by atoms with E-state index in [-0.39, 0.29) is 0 Å². The molecule has 2 nitrogen and oxygen atoms in total. The largest absolute Gasteiger partial charge is 0.364 e.